The van der Waals surface area contributed by atoms with E-state index in [1.807, 2.05) is 36.4 Å². The summed E-state index contributed by atoms with van der Waals surface area (Å²) in [5.74, 6) is -0.174. The van der Waals surface area contributed by atoms with Gasteiger partial charge in [-0.05, 0) is 30.2 Å². The van der Waals surface area contributed by atoms with Gasteiger partial charge >= 0.3 is 5.97 Å². The van der Waals surface area contributed by atoms with Crippen molar-refractivity contribution in [3.05, 3.63) is 47.0 Å². The number of hydrogen-bond donors (Lipinski definition) is 1. The third kappa shape index (κ3) is 3.66. The molecule has 0 atom stereocenters. The van der Waals surface area contributed by atoms with E-state index >= 15 is 0 Å². The number of aryl methyl sites for hydroxylation is 1. The summed E-state index contributed by atoms with van der Waals surface area (Å²) < 4.78 is 6.03. The van der Waals surface area contributed by atoms with Gasteiger partial charge in [-0.15, -0.1) is 11.3 Å². The van der Waals surface area contributed by atoms with Gasteiger partial charge in [0.2, 0.25) is 0 Å². The topological polar surface area (TPSA) is 59.4 Å². The minimum atomic E-state index is -0.938. The Labute approximate surface area is 151 Å². The van der Waals surface area contributed by atoms with Crippen molar-refractivity contribution in [2.24, 2.45) is 0 Å². The number of carboxylic acid groups (broad SMARTS) is 1. The first-order valence-electron chi connectivity index (χ1n) is 8.47. The number of nitrogens with zero attached hydrogens (tertiary/aromatic N) is 1. The van der Waals surface area contributed by atoms with Gasteiger partial charge in [-0.25, -0.2) is 9.78 Å². The molecule has 130 valence electrons. The van der Waals surface area contributed by atoms with E-state index in [4.69, 9.17) is 4.74 Å². The molecule has 3 aromatic rings. The van der Waals surface area contributed by atoms with Crippen molar-refractivity contribution < 1.29 is 14.6 Å². The Hall–Kier alpha value is -2.40. The van der Waals surface area contributed by atoms with E-state index in [1.165, 1.54) is 11.3 Å². The standard InChI is InChI=1S/C20H21NO3S/c1-3-4-7-12-24-16-11-10-14-8-5-6-9-15(14)17(16)19-21-13(2)18(25-19)20(22)23/h5-6,8-11H,3-4,7,12H2,1-2H3,(H,22,23). The second-order valence-electron chi connectivity index (χ2n) is 5.95. The number of thiazole rings is 1. The zero-order valence-electron chi connectivity index (χ0n) is 14.4. The second kappa shape index (κ2) is 7.66. The summed E-state index contributed by atoms with van der Waals surface area (Å²) in [5, 5.41) is 12.2. The second-order valence-corrected chi connectivity index (χ2v) is 6.95. The maximum atomic E-state index is 11.4. The molecular formula is C20H21NO3S. The Balaban J connectivity index is 2.09. The van der Waals surface area contributed by atoms with Crippen LogP contribution < -0.4 is 4.74 Å². The van der Waals surface area contributed by atoms with Crippen LogP contribution in [0.2, 0.25) is 0 Å². The highest BCUT2D eigenvalue weighted by atomic mass is 32.1. The minimum absolute atomic E-state index is 0.278. The van der Waals surface area contributed by atoms with Gasteiger partial charge in [0, 0.05) is 0 Å². The van der Waals surface area contributed by atoms with Crippen LogP contribution in [-0.2, 0) is 0 Å². The van der Waals surface area contributed by atoms with E-state index in [0.29, 0.717) is 17.3 Å². The molecule has 1 N–H and O–H groups in total. The highest BCUT2D eigenvalue weighted by Gasteiger charge is 2.19. The highest BCUT2D eigenvalue weighted by molar-refractivity contribution is 7.17. The van der Waals surface area contributed by atoms with Gasteiger partial charge in [0.25, 0.3) is 0 Å². The van der Waals surface area contributed by atoms with Gasteiger partial charge in [-0.2, -0.15) is 0 Å². The Morgan fingerprint density at radius 1 is 1.20 bits per heavy atom. The Morgan fingerprint density at radius 3 is 2.72 bits per heavy atom. The molecule has 4 nitrogen and oxygen atoms in total. The van der Waals surface area contributed by atoms with Crippen LogP contribution in [0.25, 0.3) is 21.3 Å². The van der Waals surface area contributed by atoms with Crippen molar-refractivity contribution >= 4 is 28.1 Å². The van der Waals surface area contributed by atoms with Gasteiger partial charge in [-0.1, -0.05) is 50.1 Å². The van der Waals surface area contributed by atoms with E-state index in [-0.39, 0.29) is 4.88 Å². The predicted octanol–water partition coefficient (Wildman–Crippen LogP) is 5.54. The van der Waals surface area contributed by atoms with Crippen molar-refractivity contribution in [2.45, 2.75) is 33.1 Å². The molecule has 0 amide bonds. The summed E-state index contributed by atoms with van der Waals surface area (Å²) in [5.41, 5.74) is 1.42. The normalized spacial score (nSPS) is 11.0. The zero-order valence-corrected chi connectivity index (χ0v) is 15.2. The number of ether oxygens (including phenoxy) is 1. The minimum Gasteiger partial charge on any atom is -0.493 e. The van der Waals surface area contributed by atoms with Crippen molar-refractivity contribution in [1.29, 1.82) is 0 Å². The first-order chi connectivity index (χ1) is 12.1. The summed E-state index contributed by atoms with van der Waals surface area (Å²) >= 11 is 1.20. The van der Waals surface area contributed by atoms with Crippen LogP contribution >= 0.6 is 11.3 Å². The van der Waals surface area contributed by atoms with Gasteiger partial charge in [0.05, 0.1) is 17.9 Å². The number of carboxylic acids is 1. The van der Waals surface area contributed by atoms with Gasteiger partial charge in [-0.3, -0.25) is 0 Å². The van der Waals surface area contributed by atoms with E-state index in [1.54, 1.807) is 6.92 Å². The summed E-state index contributed by atoms with van der Waals surface area (Å²) in [4.78, 5) is 16.2. The highest BCUT2D eigenvalue weighted by Crippen LogP contribution is 2.40. The van der Waals surface area contributed by atoms with Crippen LogP contribution in [0.5, 0.6) is 5.75 Å². The first kappa shape index (κ1) is 17.4. The number of rotatable bonds is 7. The lowest BCUT2D eigenvalue weighted by atomic mass is 10.0. The van der Waals surface area contributed by atoms with E-state index < -0.39 is 5.97 Å². The van der Waals surface area contributed by atoms with E-state index in [9.17, 15) is 9.90 Å². The molecule has 2 aromatic carbocycles. The monoisotopic (exact) mass is 355 g/mol. The van der Waals surface area contributed by atoms with Crippen molar-refractivity contribution in [3.8, 4) is 16.3 Å². The van der Waals surface area contributed by atoms with E-state index in [2.05, 4.69) is 11.9 Å². The molecule has 5 heteroatoms. The number of carbonyl (C=O) groups is 1. The fraction of sp³-hybridized carbons (Fsp3) is 0.300. The van der Waals surface area contributed by atoms with Crippen LogP contribution in [0.3, 0.4) is 0 Å². The first-order valence-corrected chi connectivity index (χ1v) is 9.29. The third-order valence-corrected chi connectivity index (χ3v) is 5.26. The molecule has 0 spiro atoms. The molecule has 0 fully saturated rings. The molecule has 0 radical (unpaired) electrons. The smallest absolute Gasteiger partial charge is 0.347 e. The van der Waals surface area contributed by atoms with Crippen molar-refractivity contribution in [3.63, 3.8) is 0 Å². The van der Waals surface area contributed by atoms with E-state index in [0.717, 1.165) is 41.3 Å². The lowest BCUT2D eigenvalue weighted by Crippen LogP contribution is -1.99. The molecule has 1 aromatic heterocycles. The third-order valence-electron chi connectivity index (χ3n) is 4.10. The largest absolute Gasteiger partial charge is 0.493 e. The van der Waals surface area contributed by atoms with Crippen LogP contribution in [-0.4, -0.2) is 22.7 Å². The molecule has 1 heterocycles. The molecule has 0 unspecified atom stereocenters. The summed E-state index contributed by atoms with van der Waals surface area (Å²) in [6, 6.07) is 12.0. The van der Waals surface area contributed by atoms with Crippen LogP contribution in [0, 0.1) is 6.92 Å². The fourth-order valence-corrected chi connectivity index (χ4v) is 3.80. The quantitative estimate of drug-likeness (QED) is 0.565. The molecule has 25 heavy (non-hydrogen) atoms. The van der Waals surface area contributed by atoms with Crippen LogP contribution in [0.4, 0.5) is 0 Å². The van der Waals surface area contributed by atoms with Crippen molar-refractivity contribution in [2.75, 3.05) is 6.61 Å². The molecular weight excluding hydrogens is 334 g/mol. The number of aromatic carboxylic acids is 1. The number of fused-ring (bicyclic) bond motifs is 1. The average molecular weight is 355 g/mol. The SMILES string of the molecule is CCCCCOc1ccc2ccccc2c1-c1nc(C)c(C(=O)O)s1. The fourth-order valence-electron chi connectivity index (χ4n) is 2.83. The molecule has 0 aliphatic heterocycles. The van der Waals surface area contributed by atoms with Gasteiger partial charge < -0.3 is 9.84 Å². The number of hydrogen-bond acceptors (Lipinski definition) is 4. The molecule has 0 aliphatic carbocycles. The van der Waals surface area contributed by atoms with Gasteiger partial charge in [0.1, 0.15) is 15.6 Å². The van der Waals surface area contributed by atoms with Crippen LogP contribution in [0.1, 0.15) is 41.6 Å². The number of unbranched alkanes of at least 4 members (excludes halogenated alkanes) is 2. The number of aromatic nitrogens is 1. The summed E-state index contributed by atoms with van der Waals surface area (Å²) in [6.07, 6.45) is 3.27. The molecule has 0 bridgehead atoms. The van der Waals surface area contributed by atoms with Crippen LogP contribution in [0.15, 0.2) is 36.4 Å². The molecule has 0 saturated carbocycles. The lowest BCUT2D eigenvalue weighted by molar-refractivity contribution is 0.0701. The average Bonchev–Trinajstić information content (AvgIpc) is 3.00. The lowest BCUT2D eigenvalue weighted by Gasteiger charge is -2.13. The molecule has 0 aliphatic rings. The summed E-state index contributed by atoms with van der Waals surface area (Å²) in [6.45, 7) is 4.54. The maximum Gasteiger partial charge on any atom is 0.347 e. The Bertz CT molecular complexity index is 901. The van der Waals surface area contributed by atoms with Crippen molar-refractivity contribution in [1.82, 2.24) is 4.98 Å². The summed E-state index contributed by atoms with van der Waals surface area (Å²) in [7, 11) is 0. The Kier molecular flexibility index (Phi) is 5.34. The van der Waals surface area contributed by atoms with Gasteiger partial charge in [0.15, 0.2) is 0 Å². The zero-order chi connectivity index (χ0) is 17.8. The Morgan fingerprint density at radius 2 is 2.00 bits per heavy atom. The molecule has 0 saturated heterocycles. The number of benzene rings is 2. The molecule has 3 rings (SSSR count). The predicted molar refractivity (Wildman–Crippen MR) is 102 cm³/mol. The maximum absolute atomic E-state index is 11.4.